The Morgan fingerprint density at radius 2 is 1.78 bits per heavy atom. The molecule has 0 unspecified atom stereocenters. The van der Waals surface area contributed by atoms with Crippen molar-refractivity contribution in [2.75, 3.05) is 27.4 Å². The van der Waals surface area contributed by atoms with Gasteiger partial charge >= 0.3 is 6.18 Å². The Labute approximate surface area is 155 Å². The van der Waals surface area contributed by atoms with Gasteiger partial charge < -0.3 is 19.5 Å². The van der Waals surface area contributed by atoms with Gasteiger partial charge in [-0.2, -0.15) is 13.2 Å². The SMILES string of the molecule is COCCNC(=O)c1cc(OCc2ccccc2)c(OC)cc1C(F)(F)F. The molecule has 0 saturated carbocycles. The molecule has 0 saturated heterocycles. The summed E-state index contributed by atoms with van der Waals surface area (Å²) >= 11 is 0. The first-order valence-corrected chi connectivity index (χ1v) is 8.10. The van der Waals surface area contributed by atoms with E-state index in [-0.39, 0.29) is 31.3 Å². The number of carbonyl (C=O) groups excluding carboxylic acids is 1. The van der Waals surface area contributed by atoms with Crippen LogP contribution in [-0.4, -0.2) is 33.3 Å². The molecular weight excluding hydrogens is 363 g/mol. The minimum absolute atomic E-state index is 0.0474. The Morgan fingerprint density at radius 1 is 1.07 bits per heavy atom. The molecule has 0 aliphatic carbocycles. The monoisotopic (exact) mass is 383 g/mol. The summed E-state index contributed by atoms with van der Waals surface area (Å²) in [5.74, 6) is -0.926. The zero-order valence-electron chi connectivity index (χ0n) is 14.9. The summed E-state index contributed by atoms with van der Waals surface area (Å²) in [7, 11) is 2.67. The van der Waals surface area contributed by atoms with Crippen molar-refractivity contribution < 1.29 is 32.2 Å². The Bertz CT molecular complexity index is 764. The van der Waals surface area contributed by atoms with Gasteiger partial charge in [-0.3, -0.25) is 4.79 Å². The number of methoxy groups -OCH3 is 2. The van der Waals surface area contributed by atoms with E-state index in [0.717, 1.165) is 17.7 Å². The molecule has 0 atom stereocenters. The zero-order chi connectivity index (χ0) is 19.9. The lowest BCUT2D eigenvalue weighted by Crippen LogP contribution is -2.29. The van der Waals surface area contributed by atoms with Crippen molar-refractivity contribution in [3.05, 3.63) is 59.2 Å². The van der Waals surface area contributed by atoms with Crippen LogP contribution in [-0.2, 0) is 17.5 Å². The van der Waals surface area contributed by atoms with Gasteiger partial charge in [0.15, 0.2) is 11.5 Å². The highest BCUT2D eigenvalue weighted by molar-refractivity contribution is 5.96. The molecule has 0 spiro atoms. The lowest BCUT2D eigenvalue weighted by molar-refractivity contribution is -0.138. The Morgan fingerprint density at radius 3 is 2.37 bits per heavy atom. The molecule has 0 fully saturated rings. The van der Waals surface area contributed by atoms with Crippen LogP contribution in [0.4, 0.5) is 13.2 Å². The third-order valence-electron chi connectivity index (χ3n) is 3.68. The maximum atomic E-state index is 13.4. The van der Waals surface area contributed by atoms with Crippen LogP contribution in [0.5, 0.6) is 11.5 Å². The number of hydrogen-bond donors (Lipinski definition) is 1. The average Bonchev–Trinajstić information content (AvgIpc) is 2.65. The molecule has 0 bridgehead atoms. The number of carbonyl (C=O) groups is 1. The fourth-order valence-corrected chi connectivity index (χ4v) is 2.35. The van der Waals surface area contributed by atoms with Gasteiger partial charge in [-0.1, -0.05) is 30.3 Å². The molecular formula is C19H20F3NO4. The van der Waals surface area contributed by atoms with Crippen molar-refractivity contribution >= 4 is 5.91 Å². The van der Waals surface area contributed by atoms with Crippen LogP contribution in [0.2, 0.25) is 0 Å². The first-order chi connectivity index (χ1) is 12.9. The van der Waals surface area contributed by atoms with E-state index in [1.165, 1.54) is 14.2 Å². The second-order valence-corrected chi connectivity index (χ2v) is 5.57. The van der Waals surface area contributed by atoms with Crippen molar-refractivity contribution in [1.82, 2.24) is 5.32 Å². The number of hydrogen-bond acceptors (Lipinski definition) is 4. The molecule has 5 nitrogen and oxygen atoms in total. The van der Waals surface area contributed by atoms with E-state index in [4.69, 9.17) is 14.2 Å². The summed E-state index contributed by atoms with van der Waals surface area (Å²) in [6.07, 6.45) is -4.72. The molecule has 8 heteroatoms. The van der Waals surface area contributed by atoms with Crippen LogP contribution in [0.1, 0.15) is 21.5 Å². The summed E-state index contributed by atoms with van der Waals surface area (Å²) < 4.78 is 55.6. The van der Waals surface area contributed by atoms with Gasteiger partial charge in [-0.15, -0.1) is 0 Å². The van der Waals surface area contributed by atoms with Gasteiger partial charge in [0, 0.05) is 13.7 Å². The molecule has 1 N–H and O–H groups in total. The summed E-state index contributed by atoms with van der Waals surface area (Å²) in [4.78, 5) is 12.3. The maximum Gasteiger partial charge on any atom is 0.417 e. The summed E-state index contributed by atoms with van der Waals surface area (Å²) in [6.45, 7) is 0.382. The molecule has 2 rings (SSSR count). The third-order valence-corrected chi connectivity index (χ3v) is 3.68. The predicted molar refractivity (Wildman–Crippen MR) is 93.0 cm³/mol. The van der Waals surface area contributed by atoms with Gasteiger partial charge in [0.05, 0.1) is 24.8 Å². The van der Waals surface area contributed by atoms with E-state index in [9.17, 15) is 18.0 Å². The van der Waals surface area contributed by atoms with E-state index >= 15 is 0 Å². The van der Waals surface area contributed by atoms with Gasteiger partial charge in [0.2, 0.25) is 0 Å². The molecule has 27 heavy (non-hydrogen) atoms. The van der Waals surface area contributed by atoms with Crippen LogP contribution in [0.15, 0.2) is 42.5 Å². The first-order valence-electron chi connectivity index (χ1n) is 8.10. The van der Waals surface area contributed by atoms with Crippen molar-refractivity contribution in [1.29, 1.82) is 0 Å². The normalized spacial score (nSPS) is 11.1. The smallest absolute Gasteiger partial charge is 0.417 e. The third kappa shape index (κ3) is 5.62. The number of halogens is 3. The van der Waals surface area contributed by atoms with Crippen molar-refractivity contribution in [3.8, 4) is 11.5 Å². The predicted octanol–water partition coefficient (Wildman–Crippen LogP) is 3.67. The fourth-order valence-electron chi connectivity index (χ4n) is 2.35. The minimum Gasteiger partial charge on any atom is -0.493 e. The van der Waals surface area contributed by atoms with Gasteiger partial charge in [-0.25, -0.2) is 0 Å². The Balaban J connectivity index is 2.35. The summed E-state index contributed by atoms with van der Waals surface area (Å²) in [6, 6.07) is 10.9. The van der Waals surface area contributed by atoms with Crippen LogP contribution < -0.4 is 14.8 Å². The van der Waals surface area contributed by atoms with Crippen molar-refractivity contribution in [2.45, 2.75) is 12.8 Å². The highest BCUT2D eigenvalue weighted by Crippen LogP contribution is 2.39. The average molecular weight is 383 g/mol. The fraction of sp³-hybridized carbons (Fsp3) is 0.316. The number of nitrogens with one attached hydrogen (secondary N) is 1. The second kappa shape index (κ2) is 9.27. The van der Waals surface area contributed by atoms with E-state index < -0.39 is 23.2 Å². The molecule has 0 aliphatic rings. The van der Waals surface area contributed by atoms with Gasteiger partial charge in [-0.05, 0) is 17.7 Å². The molecule has 2 aromatic rings. The quantitative estimate of drug-likeness (QED) is 0.707. The standard InChI is InChI=1S/C19H20F3NO4/c1-25-9-8-23-18(24)14-10-17(27-12-13-6-4-3-5-7-13)16(26-2)11-15(14)19(20,21)22/h3-7,10-11H,8-9,12H2,1-2H3,(H,23,24). The summed E-state index contributed by atoms with van der Waals surface area (Å²) in [5, 5.41) is 2.39. The molecule has 1 amide bonds. The highest BCUT2D eigenvalue weighted by Gasteiger charge is 2.37. The Hall–Kier alpha value is -2.74. The van der Waals surface area contributed by atoms with E-state index in [1.807, 2.05) is 30.3 Å². The molecule has 0 aliphatic heterocycles. The molecule has 0 radical (unpaired) electrons. The van der Waals surface area contributed by atoms with E-state index in [1.54, 1.807) is 0 Å². The topological polar surface area (TPSA) is 56.8 Å². The molecule has 0 heterocycles. The van der Waals surface area contributed by atoms with Gasteiger partial charge in [0.25, 0.3) is 5.91 Å². The molecule has 2 aromatic carbocycles. The number of amides is 1. The molecule has 0 aromatic heterocycles. The van der Waals surface area contributed by atoms with Crippen LogP contribution in [0.3, 0.4) is 0 Å². The Kier molecular flexibility index (Phi) is 7.06. The van der Waals surface area contributed by atoms with E-state index in [0.29, 0.717) is 0 Å². The highest BCUT2D eigenvalue weighted by atomic mass is 19.4. The number of rotatable bonds is 8. The van der Waals surface area contributed by atoms with Crippen LogP contribution in [0.25, 0.3) is 0 Å². The lowest BCUT2D eigenvalue weighted by Gasteiger charge is -2.18. The first kappa shape index (κ1) is 20.6. The maximum absolute atomic E-state index is 13.4. The largest absolute Gasteiger partial charge is 0.493 e. The number of ether oxygens (including phenoxy) is 3. The number of alkyl halides is 3. The van der Waals surface area contributed by atoms with Crippen molar-refractivity contribution in [2.24, 2.45) is 0 Å². The van der Waals surface area contributed by atoms with Crippen LogP contribution in [0, 0.1) is 0 Å². The lowest BCUT2D eigenvalue weighted by atomic mass is 10.0. The second-order valence-electron chi connectivity index (χ2n) is 5.57. The number of benzene rings is 2. The van der Waals surface area contributed by atoms with Crippen molar-refractivity contribution in [3.63, 3.8) is 0 Å². The van der Waals surface area contributed by atoms with Crippen LogP contribution >= 0.6 is 0 Å². The van der Waals surface area contributed by atoms with E-state index in [2.05, 4.69) is 5.32 Å². The zero-order valence-corrected chi connectivity index (χ0v) is 14.9. The van der Waals surface area contributed by atoms with Gasteiger partial charge in [0.1, 0.15) is 6.61 Å². The minimum atomic E-state index is -4.72. The summed E-state index contributed by atoms with van der Waals surface area (Å²) in [5.41, 5.74) is -0.811. The molecule has 146 valence electrons.